The Hall–Kier alpha value is -2.96. The van der Waals surface area contributed by atoms with Crippen LogP contribution in [0.4, 0.5) is 5.69 Å². The highest BCUT2D eigenvalue weighted by atomic mass is 127. The van der Waals surface area contributed by atoms with Gasteiger partial charge in [0.2, 0.25) is 0 Å². The lowest BCUT2D eigenvalue weighted by molar-refractivity contribution is -0.888. The van der Waals surface area contributed by atoms with Crippen molar-refractivity contribution in [1.29, 1.82) is 0 Å². The van der Waals surface area contributed by atoms with Crippen molar-refractivity contribution in [2.45, 2.75) is 29.6 Å². The maximum atomic E-state index is 14.2. The van der Waals surface area contributed by atoms with Crippen molar-refractivity contribution >= 4 is 29.3 Å². The van der Waals surface area contributed by atoms with Gasteiger partial charge in [-0.05, 0) is 47.5 Å². The number of thioether (sulfide) groups is 1. The molecular weight excluding hydrogens is 667 g/mol. The molecule has 0 fully saturated rings. The summed E-state index contributed by atoms with van der Waals surface area (Å²) in [6.45, 7) is 3.38. The summed E-state index contributed by atoms with van der Waals surface area (Å²) in [5, 5.41) is -0.406. The molecule has 0 bridgehead atoms. The molecule has 0 spiro atoms. The lowest BCUT2D eigenvalue weighted by Crippen LogP contribution is -3.00. The van der Waals surface area contributed by atoms with Gasteiger partial charge in [-0.1, -0.05) is 30.3 Å². The molecule has 0 saturated carbocycles. The SMILES string of the molecule is COc1ccc([C@@H]2Sc3ccccc3N(CC[N+](C)(C)CCc3ccc(OC)c(OC)c3)C(=O)[C@@H]2OC(C)=O)cc1.[I-]. The second kappa shape index (κ2) is 15.0. The molecule has 3 aromatic carbocycles. The van der Waals surface area contributed by atoms with E-state index in [1.807, 2.05) is 60.7 Å². The molecule has 1 aliphatic heterocycles. The number of ether oxygens (including phenoxy) is 4. The van der Waals surface area contributed by atoms with Gasteiger partial charge in [-0.25, -0.2) is 0 Å². The minimum absolute atomic E-state index is 0. The molecule has 2 atom stereocenters. The number of methoxy groups -OCH3 is 3. The number of halogens is 1. The molecule has 8 nitrogen and oxygen atoms in total. The van der Waals surface area contributed by atoms with E-state index in [-0.39, 0.29) is 29.9 Å². The molecule has 0 radical (unpaired) electrons. The lowest BCUT2D eigenvalue weighted by atomic mass is 10.1. The minimum atomic E-state index is -0.972. The van der Waals surface area contributed by atoms with Crippen LogP contribution in [0.1, 0.15) is 23.3 Å². The van der Waals surface area contributed by atoms with E-state index >= 15 is 0 Å². The van der Waals surface area contributed by atoms with Gasteiger partial charge in [0, 0.05) is 18.2 Å². The summed E-state index contributed by atoms with van der Waals surface area (Å²) in [7, 11) is 9.20. The topological polar surface area (TPSA) is 74.3 Å². The Labute approximate surface area is 269 Å². The highest BCUT2D eigenvalue weighted by molar-refractivity contribution is 7.99. The molecule has 0 unspecified atom stereocenters. The molecular formula is C32H39IN2O6S. The van der Waals surface area contributed by atoms with Crippen LogP contribution in [-0.4, -0.2) is 77.5 Å². The van der Waals surface area contributed by atoms with E-state index in [1.165, 1.54) is 6.92 Å². The highest BCUT2D eigenvalue weighted by Gasteiger charge is 2.41. The first kappa shape index (κ1) is 33.5. The minimum Gasteiger partial charge on any atom is -1.00 e. The van der Waals surface area contributed by atoms with E-state index in [0.717, 1.165) is 40.4 Å². The van der Waals surface area contributed by atoms with Crippen molar-refractivity contribution in [3.63, 3.8) is 0 Å². The summed E-state index contributed by atoms with van der Waals surface area (Å²) >= 11 is 1.54. The van der Waals surface area contributed by atoms with Crippen LogP contribution in [-0.2, 0) is 20.7 Å². The fraction of sp³-hybridized carbons (Fsp3) is 0.375. The van der Waals surface area contributed by atoms with Gasteiger partial charge in [0.15, 0.2) is 17.6 Å². The van der Waals surface area contributed by atoms with Crippen LogP contribution in [0.15, 0.2) is 71.6 Å². The van der Waals surface area contributed by atoms with E-state index in [9.17, 15) is 9.59 Å². The fourth-order valence-electron chi connectivity index (χ4n) is 4.89. The van der Waals surface area contributed by atoms with E-state index in [0.29, 0.717) is 29.1 Å². The number of hydrogen-bond donors (Lipinski definition) is 0. The van der Waals surface area contributed by atoms with Crippen molar-refractivity contribution < 1.29 is 57.0 Å². The average molecular weight is 707 g/mol. The Morgan fingerprint density at radius 3 is 2.24 bits per heavy atom. The van der Waals surface area contributed by atoms with Crippen molar-refractivity contribution in [3.05, 3.63) is 77.9 Å². The summed E-state index contributed by atoms with van der Waals surface area (Å²) in [5.74, 6) is 1.43. The molecule has 1 amide bonds. The van der Waals surface area contributed by atoms with Crippen molar-refractivity contribution in [3.8, 4) is 17.2 Å². The lowest BCUT2D eigenvalue weighted by Gasteiger charge is -2.34. The van der Waals surface area contributed by atoms with Gasteiger partial charge in [-0.3, -0.25) is 9.59 Å². The number of nitrogens with zero attached hydrogens (tertiary/aromatic N) is 2. The summed E-state index contributed by atoms with van der Waals surface area (Å²) in [4.78, 5) is 29.1. The highest BCUT2D eigenvalue weighted by Crippen LogP contribution is 2.47. The molecule has 0 aromatic heterocycles. The fourth-order valence-corrected chi connectivity index (χ4v) is 6.21. The van der Waals surface area contributed by atoms with Crippen LogP contribution in [0.5, 0.6) is 17.2 Å². The second-order valence-corrected chi connectivity index (χ2v) is 11.8. The predicted molar refractivity (Wildman–Crippen MR) is 161 cm³/mol. The predicted octanol–water partition coefficient (Wildman–Crippen LogP) is 2.15. The zero-order valence-corrected chi connectivity index (χ0v) is 27.9. The van der Waals surface area contributed by atoms with Gasteiger partial charge >= 0.3 is 5.97 Å². The molecule has 1 aliphatic rings. The van der Waals surface area contributed by atoms with Crippen molar-refractivity contribution in [2.24, 2.45) is 0 Å². The molecule has 42 heavy (non-hydrogen) atoms. The monoisotopic (exact) mass is 706 g/mol. The summed E-state index contributed by atoms with van der Waals surface area (Å²) in [6.07, 6.45) is -0.135. The number of esters is 1. The Bertz CT molecular complexity index is 1370. The first-order valence-electron chi connectivity index (χ1n) is 13.6. The number of para-hydroxylation sites is 1. The second-order valence-electron chi connectivity index (χ2n) is 10.6. The summed E-state index contributed by atoms with van der Waals surface area (Å²) in [5.41, 5.74) is 2.87. The Morgan fingerprint density at radius 1 is 0.905 bits per heavy atom. The number of anilines is 1. The number of benzene rings is 3. The Morgan fingerprint density at radius 2 is 1.60 bits per heavy atom. The Balaban J connectivity index is 0.00000484. The third-order valence-corrected chi connectivity index (χ3v) is 8.69. The van der Waals surface area contributed by atoms with Gasteiger partial charge in [0.05, 0.1) is 66.0 Å². The molecule has 10 heteroatoms. The maximum absolute atomic E-state index is 14.2. The van der Waals surface area contributed by atoms with E-state index in [4.69, 9.17) is 18.9 Å². The number of carbonyl (C=O) groups is 2. The van der Waals surface area contributed by atoms with Crippen LogP contribution < -0.4 is 43.1 Å². The number of rotatable bonds is 11. The summed E-state index contributed by atoms with van der Waals surface area (Å²) < 4.78 is 22.6. The van der Waals surface area contributed by atoms with Gasteiger partial charge in [0.1, 0.15) is 5.75 Å². The molecule has 0 N–H and O–H groups in total. The largest absolute Gasteiger partial charge is 1.00 e. The van der Waals surface area contributed by atoms with Crippen LogP contribution in [0.25, 0.3) is 0 Å². The molecule has 0 aliphatic carbocycles. The maximum Gasteiger partial charge on any atom is 0.303 e. The third kappa shape index (κ3) is 8.11. The van der Waals surface area contributed by atoms with Crippen LogP contribution in [0.2, 0.25) is 0 Å². The van der Waals surface area contributed by atoms with Gasteiger partial charge in [-0.2, -0.15) is 0 Å². The quantitative estimate of drug-likeness (QED) is 0.172. The number of amides is 1. The normalized spacial score (nSPS) is 16.5. The molecule has 4 rings (SSSR count). The van der Waals surface area contributed by atoms with Crippen molar-refractivity contribution in [2.75, 3.05) is 60.0 Å². The smallest absolute Gasteiger partial charge is 0.303 e. The van der Waals surface area contributed by atoms with E-state index in [1.54, 1.807) is 38.0 Å². The first-order valence-corrected chi connectivity index (χ1v) is 14.4. The standard InChI is InChI=1S/C32H39N2O6S.HI/c1-22(35)40-30-31(24-12-14-25(37-4)15-13-24)41-29-10-8-7-9-26(29)33(32(30)36)18-20-34(2,3)19-17-23-11-16-27(38-5)28(21-23)39-6;/h7-16,21,30-31H,17-20H2,1-6H3;1H/q+1;/p-1/t30-,31+;/m1./s1. The Kier molecular flexibility index (Phi) is 12.0. The molecule has 3 aromatic rings. The zero-order valence-electron chi connectivity index (χ0n) is 25.0. The third-order valence-electron chi connectivity index (χ3n) is 7.31. The van der Waals surface area contributed by atoms with Gasteiger partial charge < -0.3 is 52.3 Å². The molecule has 226 valence electrons. The zero-order chi connectivity index (χ0) is 29.6. The number of hydrogen-bond acceptors (Lipinski definition) is 7. The first-order chi connectivity index (χ1) is 19.7. The van der Waals surface area contributed by atoms with E-state index < -0.39 is 17.3 Å². The average Bonchev–Trinajstić information content (AvgIpc) is 3.08. The van der Waals surface area contributed by atoms with Crippen molar-refractivity contribution in [1.82, 2.24) is 0 Å². The summed E-state index contributed by atoms with van der Waals surface area (Å²) in [6, 6.07) is 21.4. The number of quaternary nitrogens is 1. The van der Waals surface area contributed by atoms with Crippen LogP contribution in [0.3, 0.4) is 0 Å². The van der Waals surface area contributed by atoms with E-state index in [2.05, 4.69) is 20.2 Å². The van der Waals surface area contributed by atoms with Gasteiger partial charge in [-0.15, -0.1) is 11.8 Å². The molecule has 0 saturated heterocycles. The number of carbonyl (C=O) groups excluding carboxylic acids is 2. The number of fused-ring (bicyclic) bond motifs is 1. The van der Waals surface area contributed by atoms with Crippen LogP contribution >= 0.6 is 11.8 Å². The van der Waals surface area contributed by atoms with Gasteiger partial charge in [0.25, 0.3) is 5.91 Å². The number of likely N-dealkylation sites (N-methyl/N-ethyl adjacent to an activating group) is 1. The van der Waals surface area contributed by atoms with Crippen LogP contribution in [0, 0.1) is 0 Å². The molecule has 1 heterocycles.